The van der Waals surface area contributed by atoms with E-state index in [2.05, 4.69) is 21.3 Å². The summed E-state index contributed by atoms with van der Waals surface area (Å²) in [5, 5.41) is 22.4. The minimum atomic E-state index is -3.86. The maximum absolute atomic E-state index is 11.6. The van der Waals surface area contributed by atoms with Crippen LogP contribution in [-0.2, 0) is 23.7 Å². The Bertz CT molecular complexity index is 1400. The van der Waals surface area contributed by atoms with Crippen LogP contribution in [0, 0.1) is 11.3 Å². The molecular formula is C20H16N6O4S. The Labute approximate surface area is 177 Å². The van der Waals surface area contributed by atoms with Crippen LogP contribution in [-0.4, -0.2) is 28.3 Å². The zero-order valence-corrected chi connectivity index (χ0v) is 17.1. The number of sulfonamides is 1. The molecule has 0 spiro atoms. The van der Waals surface area contributed by atoms with Gasteiger partial charge < -0.3 is 9.26 Å². The van der Waals surface area contributed by atoms with Crippen molar-refractivity contribution in [2.24, 2.45) is 12.2 Å². The maximum Gasteiger partial charge on any atom is 0.261 e. The maximum atomic E-state index is 11.6. The highest BCUT2D eigenvalue weighted by atomic mass is 32.2. The fourth-order valence-corrected chi connectivity index (χ4v) is 3.44. The predicted octanol–water partition coefficient (Wildman–Crippen LogP) is 2.24. The summed E-state index contributed by atoms with van der Waals surface area (Å²) < 4.78 is 36.0. The SMILES string of the molecule is Cn1ncc(-c2nc(-c3cccc(S(N)(=O)=O)c3)no2)c1COc1cccc(C#N)c1. The highest BCUT2D eigenvalue weighted by Gasteiger charge is 2.19. The first kappa shape index (κ1) is 20.3. The first-order valence-electron chi connectivity index (χ1n) is 8.96. The third-order valence-electron chi connectivity index (χ3n) is 4.48. The van der Waals surface area contributed by atoms with E-state index in [9.17, 15) is 8.42 Å². The van der Waals surface area contributed by atoms with Crippen molar-refractivity contribution in [1.29, 1.82) is 5.26 Å². The van der Waals surface area contributed by atoms with E-state index in [-0.39, 0.29) is 23.2 Å². The molecule has 0 saturated heterocycles. The van der Waals surface area contributed by atoms with Crippen LogP contribution in [0.2, 0.25) is 0 Å². The molecule has 0 amide bonds. The molecule has 31 heavy (non-hydrogen) atoms. The minimum Gasteiger partial charge on any atom is -0.487 e. The lowest BCUT2D eigenvalue weighted by molar-refractivity contribution is 0.294. The second kappa shape index (κ2) is 8.02. The highest BCUT2D eigenvalue weighted by Crippen LogP contribution is 2.27. The third kappa shape index (κ3) is 4.30. The first-order valence-corrected chi connectivity index (χ1v) is 10.5. The molecular weight excluding hydrogens is 420 g/mol. The van der Waals surface area contributed by atoms with Crippen molar-refractivity contribution in [2.45, 2.75) is 11.5 Å². The van der Waals surface area contributed by atoms with Crippen LogP contribution in [0.15, 0.2) is 64.1 Å². The second-order valence-corrected chi connectivity index (χ2v) is 8.11. The van der Waals surface area contributed by atoms with Gasteiger partial charge in [-0.1, -0.05) is 23.4 Å². The number of benzene rings is 2. The summed E-state index contributed by atoms with van der Waals surface area (Å²) in [7, 11) is -2.11. The van der Waals surface area contributed by atoms with Gasteiger partial charge in [0.25, 0.3) is 5.89 Å². The van der Waals surface area contributed by atoms with Crippen LogP contribution in [0.25, 0.3) is 22.8 Å². The van der Waals surface area contributed by atoms with Gasteiger partial charge in [-0.3, -0.25) is 4.68 Å². The minimum absolute atomic E-state index is 0.0496. The number of nitrogens with zero attached hydrogens (tertiary/aromatic N) is 5. The number of aryl methyl sites for hydroxylation is 1. The quantitative estimate of drug-likeness (QED) is 0.483. The fraction of sp³-hybridized carbons (Fsp3) is 0.100. The summed E-state index contributed by atoms with van der Waals surface area (Å²) in [6, 6.07) is 14.8. The van der Waals surface area contributed by atoms with Crippen molar-refractivity contribution in [3.05, 3.63) is 66.0 Å². The Balaban J connectivity index is 1.61. The molecule has 0 saturated carbocycles. The van der Waals surface area contributed by atoms with Crippen molar-refractivity contribution in [2.75, 3.05) is 0 Å². The molecule has 0 bridgehead atoms. The summed E-state index contributed by atoms with van der Waals surface area (Å²) in [6.07, 6.45) is 1.57. The summed E-state index contributed by atoms with van der Waals surface area (Å²) >= 11 is 0. The zero-order valence-electron chi connectivity index (χ0n) is 16.3. The lowest BCUT2D eigenvalue weighted by Gasteiger charge is -2.08. The van der Waals surface area contributed by atoms with Crippen LogP contribution < -0.4 is 9.88 Å². The zero-order chi connectivity index (χ0) is 22.0. The molecule has 156 valence electrons. The predicted molar refractivity (Wildman–Crippen MR) is 109 cm³/mol. The Kier molecular flexibility index (Phi) is 5.24. The lowest BCUT2D eigenvalue weighted by atomic mass is 10.2. The number of nitrogens with two attached hydrogens (primary N) is 1. The number of aromatic nitrogens is 4. The monoisotopic (exact) mass is 436 g/mol. The Morgan fingerprint density at radius 3 is 2.81 bits per heavy atom. The van der Waals surface area contributed by atoms with Crippen LogP contribution >= 0.6 is 0 Å². The summed E-state index contributed by atoms with van der Waals surface area (Å²) in [5.74, 6) is 0.948. The number of hydrogen-bond donors (Lipinski definition) is 1. The number of primary sulfonamides is 1. The Hall–Kier alpha value is -4.01. The Morgan fingerprint density at radius 1 is 1.23 bits per heavy atom. The average molecular weight is 436 g/mol. The molecule has 4 rings (SSSR count). The molecule has 11 heteroatoms. The van der Waals surface area contributed by atoms with E-state index in [1.165, 1.54) is 12.1 Å². The number of hydrogen-bond acceptors (Lipinski definition) is 8. The molecule has 0 unspecified atom stereocenters. The summed E-state index contributed by atoms with van der Waals surface area (Å²) in [5.41, 5.74) is 2.18. The van der Waals surface area contributed by atoms with Crippen molar-refractivity contribution in [1.82, 2.24) is 19.9 Å². The van der Waals surface area contributed by atoms with E-state index >= 15 is 0 Å². The van der Waals surface area contributed by atoms with E-state index in [4.69, 9.17) is 19.7 Å². The van der Waals surface area contributed by atoms with Gasteiger partial charge >= 0.3 is 0 Å². The number of ether oxygens (including phenoxy) is 1. The van der Waals surface area contributed by atoms with Crippen molar-refractivity contribution in [3.63, 3.8) is 0 Å². The molecule has 2 N–H and O–H groups in total. The number of rotatable bonds is 6. The molecule has 2 aromatic carbocycles. The highest BCUT2D eigenvalue weighted by molar-refractivity contribution is 7.89. The molecule has 2 heterocycles. The fourth-order valence-electron chi connectivity index (χ4n) is 2.88. The van der Waals surface area contributed by atoms with E-state index < -0.39 is 10.0 Å². The van der Waals surface area contributed by atoms with Crippen molar-refractivity contribution >= 4 is 10.0 Å². The van der Waals surface area contributed by atoms with Gasteiger partial charge in [-0.25, -0.2) is 13.6 Å². The summed E-state index contributed by atoms with van der Waals surface area (Å²) in [6.45, 7) is 0.152. The lowest BCUT2D eigenvalue weighted by Crippen LogP contribution is -2.11. The van der Waals surface area contributed by atoms with Gasteiger partial charge in [-0.05, 0) is 30.3 Å². The van der Waals surface area contributed by atoms with E-state index in [0.717, 1.165) is 0 Å². The second-order valence-electron chi connectivity index (χ2n) is 6.55. The third-order valence-corrected chi connectivity index (χ3v) is 5.39. The van der Waals surface area contributed by atoms with Crippen LogP contribution in [0.4, 0.5) is 0 Å². The molecule has 4 aromatic rings. The molecule has 0 atom stereocenters. The van der Waals surface area contributed by atoms with E-state index in [1.54, 1.807) is 54.3 Å². The van der Waals surface area contributed by atoms with Gasteiger partial charge in [0.2, 0.25) is 15.8 Å². The summed E-state index contributed by atoms with van der Waals surface area (Å²) in [4.78, 5) is 4.32. The molecule has 0 aliphatic heterocycles. The molecule has 10 nitrogen and oxygen atoms in total. The van der Waals surface area contributed by atoms with Crippen molar-refractivity contribution < 1.29 is 17.7 Å². The normalized spacial score (nSPS) is 11.3. The molecule has 0 fully saturated rings. The van der Waals surface area contributed by atoms with Crippen LogP contribution in [0.1, 0.15) is 11.3 Å². The first-order chi connectivity index (χ1) is 14.8. The average Bonchev–Trinajstić information content (AvgIpc) is 3.39. The van der Waals surface area contributed by atoms with Gasteiger partial charge in [0.15, 0.2) is 0 Å². The molecule has 0 aliphatic carbocycles. The molecule has 0 radical (unpaired) electrons. The van der Waals surface area contributed by atoms with Gasteiger partial charge in [0, 0.05) is 12.6 Å². The van der Waals surface area contributed by atoms with Gasteiger partial charge in [-0.15, -0.1) is 0 Å². The van der Waals surface area contributed by atoms with Crippen molar-refractivity contribution in [3.8, 4) is 34.7 Å². The van der Waals surface area contributed by atoms with Crippen LogP contribution in [0.5, 0.6) is 5.75 Å². The van der Waals surface area contributed by atoms with E-state index in [0.29, 0.717) is 28.1 Å². The molecule has 0 aliphatic rings. The number of nitriles is 1. The topological polar surface area (TPSA) is 150 Å². The largest absolute Gasteiger partial charge is 0.487 e. The van der Waals surface area contributed by atoms with Gasteiger partial charge in [0.1, 0.15) is 12.4 Å². The van der Waals surface area contributed by atoms with Gasteiger partial charge in [-0.2, -0.15) is 15.3 Å². The van der Waals surface area contributed by atoms with E-state index in [1.807, 2.05) is 0 Å². The standard InChI is InChI=1S/C20H16N6O4S/c1-26-18(12-29-15-6-2-4-13(8-15)10-21)17(11-23-26)20-24-19(25-30-20)14-5-3-7-16(9-14)31(22,27)28/h2-9,11H,12H2,1H3,(H2,22,27,28). The van der Waals surface area contributed by atoms with Gasteiger partial charge in [0.05, 0.1) is 34.0 Å². The smallest absolute Gasteiger partial charge is 0.261 e. The Morgan fingerprint density at radius 2 is 2.03 bits per heavy atom. The van der Waals surface area contributed by atoms with Crippen LogP contribution in [0.3, 0.4) is 0 Å². The molecule has 2 aromatic heterocycles.